The molecule has 5 heteroatoms. The minimum absolute atomic E-state index is 0.153. The minimum Gasteiger partial charge on any atom is -0.375 e. The summed E-state index contributed by atoms with van der Waals surface area (Å²) in [7, 11) is 2.08. The molecule has 1 heterocycles. The molecule has 1 aliphatic rings. The van der Waals surface area contributed by atoms with Gasteiger partial charge >= 0.3 is 0 Å². The minimum atomic E-state index is -0.338. The Morgan fingerprint density at radius 1 is 1.47 bits per heavy atom. The first-order valence-corrected chi connectivity index (χ1v) is 5.85. The second-order valence-electron chi connectivity index (χ2n) is 4.52. The molecule has 0 radical (unpaired) electrons. The molecule has 0 spiro atoms. The van der Waals surface area contributed by atoms with Gasteiger partial charge in [-0.3, -0.25) is 10.1 Å². The number of benzene rings is 1. The van der Waals surface area contributed by atoms with Gasteiger partial charge in [-0.1, -0.05) is 12.1 Å². The normalized spacial score (nSPS) is 21.1. The van der Waals surface area contributed by atoms with Crippen LogP contribution in [0.2, 0.25) is 0 Å². The summed E-state index contributed by atoms with van der Waals surface area (Å²) in [5.41, 5.74) is 0.776. The number of nitrogens with zero attached hydrogens (tertiary/aromatic N) is 2. The Bertz CT molecular complexity index is 408. The van der Waals surface area contributed by atoms with Crippen molar-refractivity contribution in [2.45, 2.75) is 18.9 Å². The van der Waals surface area contributed by atoms with Crippen molar-refractivity contribution >= 4 is 11.4 Å². The van der Waals surface area contributed by atoms with Gasteiger partial charge in [-0.15, -0.1) is 0 Å². The topological polar surface area (TPSA) is 58.4 Å². The predicted molar refractivity (Wildman–Crippen MR) is 67.2 cm³/mol. The number of nitro benzene ring substituents is 1. The Morgan fingerprint density at radius 3 is 2.94 bits per heavy atom. The Hall–Kier alpha value is -1.62. The number of hydrogen-bond acceptors (Lipinski definition) is 4. The number of para-hydroxylation sites is 2. The van der Waals surface area contributed by atoms with Gasteiger partial charge < -0.3 is 10.2 Å². The summed E-state index contributed by atoms with van der Waals surface area (Å²) in [6, 6.07) is 7.12. The molecular weight excluding hydrogens is 218 g/mol. The predicted octanol–water partition coefficient (Wildman–Crippen LogP) is 2.10. The first-order chi connectivity index (χ1) is 8.16. The molecule has 0 amide bonds. The average Bonchev–Trinajstić information content (AvgIpc) is 2.29. The molecule has 0 aromatic heterocycles. The van der Waals surface area contributed by atoms with E-state index in [-0.39, 0.29) is 10.6 Å². The molecule has 5 nitrogen and oxygen atoms in total. The first-order valence-electron chi connectivity index (χ1n) is 5.85. The third kappa shape index (κ3) is 2.94. The lowest BCUT2D eigenvalue weighted by atomic mass is 10.1. The van der Waals surface area contributed by atoms with Crippen LogP contribution in [0.25, 0.3) is 0 Å². The van der Waals surface area contributed by atoms with Gasteiger partial charge in [0.05, 0.1) is 4.92 Å². The van der Waals surface area contributed by atoms with Gasteiger partial charge in [-0.05, 0) is 32.5 Å². The zero-order chi connectivity index (χ0) is 12.3. The van der Waals surface area contributed by atoms with Crippen LogP contribution >= 0.6 is 0 Å². The van der Waals surface area contributed by atoms with Gasteiger partial charge in [0, 0.05) is 18.7 Å². The van der Waals surface area contributed by atoms with E-state index in [1.54, 1.807) is 12.1 Å². The quantitative estimate of drug-likeness (QED) is 0.644. The number of anilines is 1. The second kappa shape index (κ2) is 5.14. The molecule has 92 valence electrons. The number of nitrogens with one attached hydrogen (secondary N) is 1. The number of likely N-dealkylation sites (tertiary alicyclic amines) is 1. The second-order valence-corrected chi connectivity index (χ2v) is 4.52. The van der Waals surface area contributed by atoms with Crippen LogP contribution in [-0.4, -0.2) is 36.0 Å². The van der Waals surface area contributed by atoms with E-state index in [0.717, 1.165) is 25.9 Å². The van der Waals surface area contributed by atoms with Crippen LogP contribution in [0.1, 0.15) is 12.8 Å². The smallest absolute Gasteiger partial charge is 0.292 e. The lowest BCUT2D eigenvalue weighted by molar-refractivity contribution is -0.384. The summed E-state index contributed by atoms with van der Waals surface area (Å²) < 4.78 is 0. The number of rotatable bonds is 3. The third-order valence-electron chi connectivity index (χ3n) is 3.08. The van der Waals surface area contributed by atoms with Crippen molar-refractivity contribution < 1.29 is 4.92 Å². The monoisotopic (exact) mass is 235 g/mol. The third-order valence-corrected chi connectivity index (χ3v) is 3.08. The molecule has 1 saturated heterocycles. The Labute approximate surface area is 101 Å². The van der Waals surface area contributed by atoms with Gasteiger partial charge in [0.2, 0.25) is 0 Å². The van der Waals surface area contributed by atoms with Crippen molar-refractivity contribution in [3.8, 4) is 0 Å². The highest BCUT2D eigenvalue weighted by atomic mass is 16.6. The largest absolute Gasteiger partial charge is 0.375 e. The average molecular weight is 235 g/mol. The number of piperidine rings is 1. The first kappa shape index (κ1) is 11.9. The molecule has 1 aromatic rings. The summed E-state index contributed by atoms with van der Waals surface area (Å²) in [6.07, 6.45) is 2.20. The molecule has 1 atom stereocenters. The van der Waals surface area contributed by atoms with E-state index in [4.69, 9.17) is 0 Å². The maximum Gasteiger partial charge on any atom is 0.292 e. The van der Waals surface area contributed by atoms with Crippen molar-refractivity contribution in [2.75, 3.05) is 25.5 Å². The molecule has 1 N–H and O–H groups in total. The molecular formula is C12H17N3O2. The van der Waals surface area contributed by atoms with Crippen LogP contribution in [0.3, 0.4) is 0 Å². The lowest BCUT2D eigenvalue weighted by Crippen LogP contribution is -2.39. The molecule has 1 fully saturated rings. The van der Waals surface area contributed by atoms with E-state index in [9.17, 15) is 10.1 Å². The van der Waals surface area contributed by atoms with Crippen LogP contribution in [0.4, 0.5) is 11.4 Å². The van der Waals surface area contributed by atoms with E-state index in [2.05, 4.69) is 17.3 Å². The van der Waals surface area contributed by atoms with Crippen molar-refractivity contribution in [1.82, 2.24) is 4.90 Å². The Kier molecular flexibility index (Phi) is 3.58. The maximum atomic E-state index is 10.9. The standard InChI is InChI=1S/C12H17N3O2/c1-14-8-4-5-10(9-14)13-11-6-2-3-7-12(11)15(16)17/h2-3,6-7,10,13H,4-5,8-9H2,1H3. The molecule has 1 aliphatic heterocycles. The molecule has 0 bridgehead atoms. The summed E-state index contributed by atoms with van der Waals surface area (Å²) >= 11 is 0. The summed E-state index contributed by atoms with van der Waals surface area (Å²) in [4.78, 5) is 12.8. The lowest BCUT2D eigenvalue weighted by Gasteiger charge is -2.30. The van der Waals surface area contributed by atoms with E-state index in [1.807, 2.05) is 6.07 Å². The summed E-state index contributed by atoms with van der Waals surface area (Å²) in [6.45, 7) is 2.04. The van der Waals surface area contributed by atoms with Gasteiger partial charge in [-0.2, -0.15) is 0 Å². The highest BCUT2D eigenvalue weighted by molar-refractivity contribution is 5.61. The summed E-state index contributed by atoms with van der Waals surface area (Å²) in [5, 5.41) is 14.2. The maximum absolute atomic E-state index is 10.9. The fraction of sp³-hybridized carbons (Fsp3) is 0.500. The van der Waals surface area contributed by atoms with Crippen molar-refractivity contribution in [2.24, 2.45) is 0 Å². The zero-order valence-electron chi connectivity index (χ0n) is 9.93. The highest BCUT2D eigenvalue weighted by Gasteiger charge is 2.20. The van der Waals surface area contributed by atoms with Crippen LogP contribution in [0.5, 0.6) is 0 Å². The zero-order valence-corrected chi connectivity index (χ0v) is 9.93. The van der Waals surface area contributed by atoms with E-state index in [1.165, 1.54) is 6.07 Å². The Morgan fingerprint density at radius 2 is 2.24 bits per heavy atom. The van der Waals surface area contributed by atoms with Crippen molar-refractivity contribution in [3.63, 3.8) is 0 Å². The molecule has 17 heavy (non-hydrogen) atoms. The molecule has 0 saturated carbocycles. The fourth-order valence-electron chi connectivity index (χ4n) is 2.26. The summed E-state index contributed by atoms with van der Waals surface area (Å²) in [5.74, 6) is 0. The van der Waals surface area contributed by atoms with Crippen molar-refractivity contribution in [1.29, 1.82) is 0 Å². The fourth-order valence-corrected chi connectivity index (χ4v) is 2.26. The van der Waals surface area contributed by atoms with Crippen molar-refractivity contribution in [3.05, 3.63) is 34.4 Å². The number of likely N-dealkylation sites (N-methyl/N-ethyl adjacent to an activating group) is 1. The van der Waals surface area contributed by atoms with Crippen LogP contribution in [-0.2, 0) is 0 Å². The molecule has 2 rings (SSSR count). The SMILES string of the molecule is CN1CCCC(Nc2ccccc2[N+](=O)[O-])C1. The van der Waals surface area contributed by atoms with Gasteiger partial charge in [-0.25, -0.2) is 0 Å². The highest BCUT2D eigenvalue weighted by Crippen LogP contribution is 2.25. The van der Waals surface area contributed by atoms with Gasteiger partial charge in [0.25, 0.3) is 5.69 Å². The van der Waals surface area contributed by atoms with Crippen LogP contribution < -0.4 is 5.32 Å². The number of hydrogen-bond donors (Lipinski definition) is 1. The van der Waals surface area contributed by atoms with Gasteiger partial charge in [0.15, 0.2) is 0 Å². The van der Waals surface area contributed by atoms with E-state index in [0.29, 0.717) is 11.7 Å². The molecule has 1 aromatic carbocycles. The van der Waals surface area contributed by atoms with E-state index < -0.39 is 0 Å². The number of nitro groups is 1. The van der Waals surface area contributed by atoms with Gasteiger partial charge in [0.1, 0.15) is 5.69 Å². The van der Waals surface area contributed by atoms with Crippen LogP contribution in [0.15, 0.2) is 24.3 Å². The van der Waals surface area contributed by atoms with E-state index >= 15 is 0 Å². The molecule has 0 aliphatic carbocycles. The van der Waals surface area contributed by atoms with Crippen LogP contribution in [0, 0.1) is 10.1 Å². The Balaban J connectivity index is 2.10. The molecule has 1 unspecified atom stereocenters.